The number of alkyl halides is 2. The Morgan fingerprint density at radius 1 is 0.638 bits per heavy atom. The molecule has 8 heteroatoms. The highest BCUT2D eigenvalue weighted by atomic mass is 35.5. The zero-order valence-electron chi connectivity index (χ0n) is 25.0. The molecule has 5 aromatic rings. The Balaban J connectivity index is 1.16. The number of para-hydroxylation sites is 1. The van der Waals surface area contributed by atoms with Crippen LogP contribution >= 0.6 is 23.2 Å². The van der Waals surface area contributed by atoms with Gasteiger partial charge < -0.3 is 10.1 Å². The molecule has 47 heavy (non-hydrogen) atoms. The molecule has 1 fully saturated rings. The van der Waals surface area contributed by atoms with E-state index in [1.807, 2.05) is 109 Å². The number of imide groups is 1. The second kappa shape index (κ2) is 11.1. The maximum atomic E-state index is 14.7. The van der Waals surface area contributed by atoms with Crippen molar-refractivity contribution in [1.82, 2.24) is 4.90 Å². The Morgan fingerprint density at radius 2 is 1.06 bits per heavy atom. The molecule has 3 aliphatic carbocycles. The standard InChI is InChI=1S/C39H28Cl2N2O4/c40-38-28-15-7-8-16-29(28)39(41,31-18-10-9-17-30(31)38)34-33(38)36(45)43(37(34)46)32(23-24-11-3-1-4-12-24)35(44)42-25-19-21-27(22-20-25)47-26-13-5-2-6-14-26/h1-22,32-34H,23H2,(H,42,44)/t32-,33-,34-,38?,39?/m0/s1. The van der Waals surface area contributed by atoms with Crippen LogP contribution in [0.4, 0.5) is 5.69 Å². The first-order chi connectivity index (χ1) is 22.8. The summed E-state index contributed by atoms with van der Waals surface area (Å²) in [5.74, 6) is -2.23. The minimum atomic E-state index is -1.33. The number of anilines is 1. The van der Waals surface area contributed by atoms with E-state index < -0.39 is 45.3 Å². The molecule has 0 saturated carbocycles. The van der Waals surface area contributed by atoms with Crippen LogP contribution in [0.2, 0.25) is 0 Å². The van der Waals surface area contributed by atoms with Gasteiger partial charge in [0.1, 0.15) is 27.3 Å². The number of carbonyl (C=O) groups excluding carboxylic acids is 3. The molecular weight excluding hydrogens is 631 g/mol. The van der Waals surface area contributed by atoms with Gasteiger partial charge in [-0.2, -0.15) is 0 Å². The van der Waals surface area contributed by atoms with E-state index in [1.165, 1.54) is 0 Å². The average molecular weight is 660 g/mol. The van der Waals surface area contributed by atoms with Crippen LogP contribution in [0.1, 0.15) is 27.8 Å². The van der Waals surface area contributed by atoms with Crippen LogP contribution in [0.3, 0.4) is 0 Å². The van der Waals surface area contributed by atoms with Crippen molar-refractivity contribution in [2.75, 3.05) is 5.32 Å². The highest BCUT2D eigenvalue weighted by molar-refractivity contribution is 6.36. The summed E-state index contributed by atoms with van der Waals surface area (Å²) in [4.78, 5) is 42.0. The van der Waals surface area contributed by atoms with Gasteiger partial charge in [-0.25, -0.2) is 0 Å². The van der Waals surface area contributed by atoms with E-state index in [4.69, 9.17) is 27.9 Å². The summed E-state index contributed by atoms with van der Waals surface area (Å²) in [6, 6.07) is 39.5. The number of amides is 3. The lowest BCUT2D eigenvalue weighted by atomic mass is 9.54. The molecule has 0 aromatic heterocycles. The second-order valence-electron chi connectivity index (χ2n) is 12.2. The van der Waals surface area contributed by atoms with Gasteiger partial charge in [0.2, 0.25) is 17.7 Å². The third-order valence-corrected chi connectivity index (χ3v) is 10.9. The van der Waals surface area contributed by atoms with Crippen LogP contribution in [0.5, 0.6) is 11.5 Å². The molecule has 6 nitrogen and oxygen atoms in total. The topological polar surface area (TPSA) is 75.7 Å². The highest BCUT2D eigenvalue weighted by Crippen LogP contribution is 2.69. The number of rotatable bonds is 7. The van der Waals surface area contributed by atoms with Crippen molar-refractivity contribution >= 4 is 46.6 Å². The van der Waals surface area contributed by atoms with Crippen molar-refractivity contribution in [3.05, 3.63) is 161 Å². The van der Waals surface area contributed by atoms with Gasteiger partial charge in [0.25, 0.3) is 0 Å². The number of nitrogens with one attached hydrogen (secondary N) is 1. The molecule has 9 rings (SSSR count). The fourth-order valence-electron chi connectivity index (χ4n) is 7.59. The summed E-state index contributed by atoms with van der Waals surface area (Å²) in [6.07, 6.45) is 0.114. The molecule has 1 N–H and O–H groups in total. The summed E-state index contributed by atoms with van der Waals surface area (Å²) >= 11 is 15.2. The quantitative estimate of drug-likeness (QED) is 0.144. The fraction of sp³-hybridized carbons (Fsp3) is 0.154. The van der Waals surface area contributed by atoms with E-state index in [1.54, 1.807) is 24.3 Å². The summed E-state index contributed by atoms with van der Waals surface area (Å²) in [6.45, 7) is 0. The normalized spacial score (nSPS) is 24.3. The largest absolute Gasteiger partial charge is 0.457 e. The van der Waals surface area contributed by atoms with E-state index in [-0.39, 0.29) is 6.42 Å². The van der Waals surface area contributed by atoms with Gasteiger partial charge >= 0.3 is 0 Å². The maximum absolute atomic E-state index is 14.7. The van der Waals surface area contributed by atoms with Crippen molar-refractivity contribution in [2.24, 2.45) is 11.8 Å². The molecule has 0 spiro atoms. The Bertz CT molecular complexity index is 1910. The number of halogens is 2. The molecule has 232 valence electrons. The number of hydrogen-bond donors (Lipinski definition) is 1. The van der Waals surface area contributed by atoms with E-state index in [9.17, 15) is 14.4 Å². The first kappa shape index (κ1) is 29.5. The van der Waals surface area contributed by atoms with Crippen molar-refractivity contribution in [3.63, 3.8) is 0 Å². The molecule has 0 unspecified atom stereocenters. The Hall–Kier alpha value is -4.91. The van der Waals surface area contributed by atoms with Gasteiger partial charge in [0.05, 0.1) is 11.8 Å². The predicted octanol–water partition coefficient (Wildman–Crippen LogP) is 7.62. The summed E-state index contributed by atoms with van der Waals surface area (Å²) in [7, 11) is 0. The van der Waals surface area contributed by atoms with Crippen LogP contribution in [0.15, 0.2) is 133 Å². The zero-order valence-corrected chi connectivity index (χ0v) is 26.5. The second-order valence-corrected chi connectivity index (χ2v) is 13.3. The molecular formula is C39H28Cl2N2O4. The van der Waals surface area contributed by atoms with E-state index in [2.05, 4.69) is 5.32 Å². The lowest BCUT2D eigenvalue weighted by Crippen LogP contribution is -2.57. The molecule has 1 saturated heterocycles. The highest BCUT2D eigenvalue weighted by Gasteiger charge is 2.73. The minimum absolute atomic E-state index is 0.114. The van der Waals surface area contributed by atoms with Gasteiger partial charge in [-0.15, -0.1) is 23.2 Å². The molecule has 1 aliphatic heterocycles. The number of ether oxygens (including phenoxy) is 1. The van der Waals surface area contributed by atoms with Gasteiger partial charge in [0.15, 0.2) is 0 Å². The van der Waals surface area contributed by atoms with E-state index in [0.29, 0.717) is 39.4 Å². The average Bonchev–Trinajstić information content (AvgIpc) is 3.38. The number of hydrogen-bond acceptors (Lipinski definition) is 4. The number of likely N-dealkylation sites (tertiary alicyclic amines) is 1. The maximum Gasteiger partial charge on any atom is 0.248 e. The molecule has 3 atom stereocenters. The van der Waals surface area contributed by atoms with E-state index in [0.717, 1.165) is 10.5 Å². The molecule has 4 aliphatic rings. The molecule has 1 heterocycles. The zero-order chi connectivity index (χ0) is 32.3. The first-order valence-corrected chi connectivity index (χ1v) is 16.2. The Morgan fingerprint density at radius 3 is 1.55 bits per heavy atom. The summed E-state index contributed by atoms with van der Waals surface area (Å²) in [5.41, 5.74) is 4.13. The number of benzene rings is 5. The van der Waals surface area contributed by atoms with Crippen LogP contribution in [0.25, 0.3) is 0 Å². The third kappa shape index (κ3) is 4.43. The monoisotopic (exact) mass is 658 g/mol. The molecule has 0 radical (unpaired) electrons. The Kier molecular flexibility index (Phi) is 6.97. The molecule has 5 aromatic carbocycles. The number of carbonyl (C=O) groups is 3. The smallest absolute Gasteiger partial charge is 0.248 e. The van der Waals surface area contributed by atoms with Gasteiger partial charge in [-0.1, -0.05) is 97.1 Å². The van der Waals surface area contributed by atoms with E-state index >= 15 is 0 Å². The first-order valence-electron chi connectivity index (χ1n) is 15.4. The lowest BCUT2D eigenvalue weighted by Gasteiger charge is -2.54. The van der Waals surface area contributed by atoms with Crippen LogP contribution < -0.4 is 10.1 Å². The molecule has 3 amide bonds. The summed E-state index contributed by atoms with van der Waals surface area (Å²) < 4.78 is 5.89. The summed E-state index contributed by atoms with van der Waals surface area (Å²) in [5, 5.41) is 2.94. The minimum Gasteiger partial charge on any atom is -0.457 e. The van der Waals surface area contributed by atoms with Gasteiger partial charge in [-0.3, -0.25) is 19.3 Å². The van der Waals surface area contributed by atoms with Crippen molar-refractivity contribution in [1.29, 1.82) is 0 Å². The van der Waals surface area contributed by atoms with Crippen LogP contribution in [-0.2, 0) is 30.6 Å². The lowest BCUT2D eigenvalue weighted by molar-refractivity contribution is -0.146. The predicted molar refractivity (Wildman–Crippen MR) is 181 cm³/mol. The van der Waals surface area contributed by atoms with Crippen molar-refractivity contribution in [2.45, 2.75) is 22.2 Å². The van der Waals surface area contributed by atoms with Crippen LogP contribution in [0, 0.1) is 11.8 Å². The Labute approximate surface area is 281 Å². The fourth-order valence-corrected chi connectivity index (χ4v) is 8.69. The van der Waals surface area contributed by atoms with Gasteiger partial charge in [0, 0.05) is 12.1 Å². The molecule has 2 bridgehead atoms. The SMILES string of the molecule is O=C(Nc1ccc(Oc2ccccc2)cc1)[C@H](Cc1ccccc1)N1C(=O)[C@@H]2[C@@H](C1=O)C1(Cl)c3ccccc3C2(Cl)c2ccccc21. The van der Waals surface area contributed by atoms with Crippen molar-refractivity contribution in [3.8, 4) is 11.5 Å². The third-order valence-electron chi connectivity index (χ3n) is 9.61. The van der Waals surface area contributed by atoms with Crippen LogP contribution in [-0.4, -0.2) is 28.7 Å². The number of nitrogens with zero attached hydrogens (tertiary/aromatic N) is 1. The van der Waals surface area contributed by atoms with Crippen molar-refractivity contribution < 1.29 is 19.1 Å². The van der Waals surface area contributed by atoms with Gasteiger partial charge in [-0.05, 0) is 64.2 Å².